The lowest BCUT2D eigenvalue weighted by atomic mass is 10.0. The Morgan fingerprint density at radius 1 is 1.41 bits per heavy atom. The molecule has 1 amide bonds. The number of rotatable bonds is 3. The first kappa shape index (κ1) is 16.3. The summed E-state index contributed by atoms with van der Waals surface area (Å²) in [4.78, 5) is 28.8. The second-order valence-corrected chi connectivity index (χ2v) is 6.50. The zero-order chi connectivity index (χ0) is 16.3. The van der Waals surface area contributed by atoms with E-state index < -0.39 is 11.6 Å². The van der Waals surface area contributed by atoms with E-state index in [4.69, 9.17) is 9.84 Å². The Morgan fingerprint density at radius 2 is 2.14 bits per heavy atom. The number of carboxylic acids is 1. The molecule has 1 aromatic heterocycles. The Bertz CT molecular complexity index is 578. The van der Waals surface area contributed by atoms with Crippen LogP contribution in [0.5, 0.6) is 0 Å². The van der Waals surface area contributed by atoms with Gasteiger partial charge in [-0.3, -0.25) is 9.78 Å². The normalized spacial score (nSPS) is 14.4. The molecular formula is C16H22N2O4. The third-order valence-electron chi connectivity index (χ3n) is 3.38. The van der Waals surface area contributed by atoms with E-state index in [2.05, 4.69) is 4.98 Å². The van der Waals surface area contributed by atoms with Gasteiger partial charge in [-0.1, -0.05) is 6.07 Å². The van der Waals surface area contributed by atoms with E-state index in [1.807, 2.05) is 26.8 Å². The van der Waals surface area contributed by atoms with Crippen LogP contribution in [0.25, 0.3) is 0 Å². The molecule has 1 aliphatic rings. The van der Waals surface area contributed by atoms with Crippen LogP contribution in [0, 0.1) is 0 Å². The largest absolute Gasteiger partial charge is 0.481 e. The molecule has 120 valence electrons. The number of ether oxygens (including phenoxy) is 1. The van der Waals surface area contributed by atoms with Crippen LogP contribution in [0.1, 0.15) is 44.0 Å². The second kappa shape index (κ2) is 6.34. The van der Waals surface area contributed by atoms with E-state index in [9.17, 15) is 9.59 Å². The smallest absolute Gasteiger partial charge is 0.410 e. The highest BCUT2D eigenvalue weighted by Crippen LogP contribution is 2.21. The van der Waals surface area contributed by atoms with Crippen LogP contribution in [-0.4, -0.2) is 39.2 Å². The van der Waals surface area contributed by atoms with Crippen molar-refractivity contribution in [2.45, 2.75) is 52.2 Å². The van der Waals surface area contributed by atoms with E-state index >= 15 is 0 Å². The summed E-state index contributed by atoms with van der Waals surface area (Å²) in [6.07, 6.45) is 2.62. The molecule has 0 unspecified atom stereocenters. The molecule has 1 aliphatic heterocycles. The lowest BCUT2D eigenvalue weighted by Crippen LogP contribution is -2.40. The Morgan fingerprint density at radius 3 is 2.77 bits per heavy atom. The maximum absolute atomic E-state index is 12.1. The molecule has 2 heterocycles. The van der Waals surface area contributed by atoms with Gasteiger partial charge in [0, 0.05) is 31.3 Å². The number of hydrogen-bond acceptors (Lipinski definition) is 4. The molecular weight excluding hydrogens is 284 g/mol. The van der Waals surface area contributed by atoms with Gasteiger partial charge in [-0.2, -0.15) is 0 Å². The summed E-state index contributed by atoms with van der Waals surface area (Å²) in [6, 6.07) is 1.95. The van der Waals surface area contributed by atoms with Crippen LogP contribution < -0.4 is 0 Å². The zero-order valence-electron chi connectivity index (χ0n) is 13.3. The number of aryl methyl sites for hydroxylation is 1. The summed E-state index contributed by atoms with van der Waals surface area (Å²) in [5, 5.41) is 8.75. The van der Waals surface area contributed by atoms with Gasteiger partial charge in [-0.25, -0.2) is 4.79 Å². The minimum atomic E-state index is -0.826. The van der Waals surface area contributed by atoms with E-state index in [1.54, 1.807) is 11.1 Å². The molecule has 6 nitrogen and oxygen atoms in total. The van der Waals surface area contributed by atoms with Crippen LogP contribution in [0.2, 0.25) is 0 Å². The van der Waals surface area contributed by atoms with E-state index in [-0.39, 0.29) is 12.5 Å². The van der Waals surface area contributed by atoms with Crippen LogP contribution >= 0.6 is 0 Å². The van der Waals surface area contributed by atoms with Crippen molar-refractivity contribution in [1.29, 1.82) is 0 Å². The Labute approximate surface area is 130 Å². The molecule has 22 heavy (non-hydrogen) atoms. The first-order chi connectivity index (χ1) is 10.2. The first-order valence-corrected chi connectivity index (χ1v) is 7.41. The van der Waals surface area contributed by atoms with Crippen molar-refractivity contribution in [3.05, 3.63) is 29.1 Å². The minimum absolute atomic E-state index is 0.0796. The first-order valence-electron chi connectivity index (χ1n) is 7.41. The molecule has 0 spiro atoms. The maximum Gasteiger partial charge on any atom is 0.410 e. The van der Waals surface area contributed by atoms with Crippen molar-refractivity contribution in [1.82, 2.24) is 9.88 Å². The molecule has 0 aliphatic carbocycles. The van der Waals surface area contributed by atoms with Gasteiger partial charge in [0.25, 0.3) is 0 Å². The van der Waals surface area contributed by atoms with Crippen molar-refractivity contribution >= 4 is 12.1 Å². The average Bonchev–Trinajstić information content (AvgIpc) is 2.42. The van der Waals surface area contributed by atoms with E-state index in [0.29, 0.717) is 25.9 Å². The molecule has 0 fully saturated rings. The lowest BCUT2D eigenvalue weighted by molar-refractivity contribution is -0.136. The monoisotopic (exact) mass is 306 g/mol. The maximum atomic E-state index is 12.1. The number of aromatic nitrogens is 1. The molecule has 0 aromatic carbocycles. The summed E-state index contributed by atoms with van der Waals surface area (Å²) >= 11 is 0. The molecule has 0 saturated heterocycles. The third-order valence-corrected chi connectivity index (χ3v) is 3.38. The Hall–Kier alpha value is -2.11. The lowest BCUT2D eigenvalue weighted by Gasteiger charge is -2.31. The minimum Gasteiger partial charge on any atom is -0.481 e. The number of carbonyl (C=O) groups is 2. The average molecular weight is 306 g/mol. The number of amides is 1. The number of carbonyl (C=O) groups excluding carboxylic acids is 1. The molecule has 1 N–H and O–H groups in total. The Kier molecular flexibility index (Phi) is 4.68. The number of pyridine rings is 1. The van der Waals surface area contributed by atoms with Crippen LogP contribution in [0.3, 0.4) is 0 Å². The quantitative estimate of drug-likeness (QED) is 0.927. The second-order valence-electron chi connectivity index (χ2n) is 6.50. The summed E-state index contributed by atoms with van der Waals surface area (Å²) in [6.45, 7) is 6.57. The molecule has 0 saturated carbocycles. The van der Waals surface area contributed by atoms with Crippen LogP contribution in [-0.2, 0) is 28.9 Å². The van der Waals surface area contributed by atoms with Crippen molar-refractivity contribution in [2.75, 3.05) is 6.54 Å². The van der Waals surface area contributed by atoms with Gasteiger partial charge in [-0.05, 0) is 38.3 Å². The fourth-order valence-corrected chi connectivity index (χ4v) is 2.35. The summed E-state index contributed by atoms with van der Waals surface area (Å²) in [5.74, 6) is -0.826. The number of carboxylic acid groups (broad SMARTS) is 1. The van der Waals surface area contributed by atoms with Crippen molar-refractivity contribution < 1.29 is 19.4 Å². The van der Waals surface area contributed by atoms with Crippen molar-refractivity contribution in [3.8, 4) is 0 Å². The molecule has 1 aromatic rings. The molecule has 0 bridgehead atoms. The van der Waals surface area contributed by atoms with Crippen LogP contribution in [0.4, 0.5) is 4.79 Å². The third kappa shape index (κ3) is 4.44. The van der Waals surface area contributed by atoms with Crippen LogP contribution in [0.15, 0.2) is 12.3 Å². The van der Waals surface area contributed by atoms with Crippen molar-refractivity contribution in [3.63, 3.8) is 0 Å². The summed E-state index contributed by atoms with van der Waals surface area (Å²) < 4.78 is 5.39. The summed E-state index contributed by atoms with van der Waals surface area (Å²) in [5.41, 5.74) is 2.31. The predicted molar refractivity (Wildman–Crippen MR) is 80.5 cm³/mol. The molecule has 0 radical (unpaired) electrons. The van der Waals surface area contributed by atoms with E-state index in [0.717, 1.165) is 16.8 Å². The molecule has 0 atom stereocenters. The number of nitrogens with zero attached hydrogens (tertiary/aromatic N) is 2. The van der Waals surface area contributed by atoms with Gasteiger partial charge >= 0.3 is 12.1 Å². The van der Waals surface area contributed by atoms with Gasteiger partial charge in [0.1, 0.15) is 5.60 Å². The summed E-state index contributed by atoms with van der Waals surface area (Å²) in [7, 11) is 0. The number of aliphatic carboxylic acids is 1. The van der Waals surface area contributed by atoms with Gasteiger partial charge < -0.3 is 14.7 Å². The topological polar surface area (TPSA) is 79.7 Å². The fourth-order valence-electron chi connectivity index (χ4n) is 2.35. The van der Waals surface area contributed by atoms with Gasteiger partial charge in [0.15, 0.2) is 0 Å². The number of hydrogen-bond donors (Lipinski definition) is 1. The Balaban J connectivity index is 2.06. The van der Waals surface area contributed by atoms with Gasteiger partial charge in [-0.15, -0.1) is 0 Å². The van der Waals surface area contributed by atoms with E-state index in [1.165, 1.54) is 0 Å². The number of fused-ring (bicyclic) bond motifs is 1. The highest BCUT2D eigenvalue weighted by atomic mass is 16.6. The standard InChI is InChI=1S/C16H22N2O4/c1-16(2,3)22-15(21)18-7-6-13-12(10-18)8-11(9-17-13)4-5-14(19)20/h8-9H,4-7,10H2,1-3H3,(H,19,20). The van der Waals surface area contributed by atoms with Crippen molar-refractivity contribution in [2.24, 2.45) is 0 Å². The predicted octanol–water partition coefficient (Wildman–Crippen LogP) is 2.39. The zero-order valence-corrected chi connectivity index (χ0v) is 13.3. The molecule has 2 rings (SSSR count). The van der Waals surface area contributed by atoms with Gasteiger partial charge in [0.05, 0.1) is 6.54 Å². The fraction of sp³-hybridized carbons (Fsp3) is 0.562. The highest BCUT2D eigenvalue weighted by molar-refractivity contribution is 5.68. The SMILES string of the molecule is CC(C)(C)OC(=O)N1CCc2ncc(CCC(=O)O)cc2C1. The molecule has 6 heteroatoms. The highest BCUT2D eigenvalue weighted by Gasteiger charge is 2.26. The van der Waals surface area contributed by atoms with Gasteiger partial charge in [0.2, 0.25) is 0 Å².